The van der Waals surface area contributed by atoms with Gasteiger partial charge in [0.05, 0.1) is 0 Å². The summed E-state index contributed by atoms with van der Waals surface area (Å²) in [6, 6.07) is 12.9. The Labute approximate surface area is 136 Å². The summed E-state index contributed by atoms with van der Waals surface area (Å²) in [6.07, 6.45) is 0. The highest BCUT2D eigenvalue weighted by atomic mass is 16.2. The Balaban J connectivity index is 1.75. The van der Waals surface area contributed by atoms with Crippen molar-refractivity contribution in [2.75, 3.05) is 5.32 Å². The molecule has 0 radical (unpaired) electrons. The molecular formula is C19H20N2O2. The number of rotatable bonds is 3. The Morgan fingerprint density at radius 3 is 2.61 bits per heavy atom. The van der Waals surface area contributed by atoms with E-state index in [2.05, 4.69) is 5.32 Å². The van der Waals surface area contributed by atoms with Gasteiger partial charge in [0, 0.05) is 17.8 Å². The Bertz CT molecular complexity index is 783. The van der Waals surface area contributed by atoms with Crippen molar-refractivity contribution < 1.29 is 9.59 Å². The smallest absolute Gasteiger partial charge is 0.255 e. The van der Waals surface area contributed by atoms with Gasteiger partial charge in [-0.05, 0) is 44.0 Å². The standard InChI is InChI=1S/C19H20N2O2/c1-12-8-9-17(13(2)10-12)20-18(22)14(3)21-11-15-6-4-5-7-16(15)19(21)23/h4-10,14H,11H2,1-3H3,(H,20,22)/t14-/m0/s1. The minimum absolute atomic E-state index is 0.0797. The third kappa shape index (κ3) is 2.84. The summed E-state index contributed by atoms with van der Waals surface area (Å²) in [6.45, 7) is 6.23. The predicted molar refractivity (Wildman–Crippen MR) is 90.3 cm³/mol. The minimum atomic E-state index is -0.518. The lowest BCUT2D eigenvalue weighted by molar-refractivity contribution is -0.120. The van der Waals surface area contributed by atoms with E-state index in [1.54, 1.807) is 11.8 Å². The fraction of sp³-hybridized carbons (Fsp3) is 0.263. The van der Waals surface area contributed by atoms with Crippen molar-refractivity contribution in [2.24, 2.45) is 0 Å². The molecule has 0 fully saturated rings. The van der Waals surface area contributed by atoms with Crippen LogP contribution in [0.4, 0.5) is 5.69 Å². The van der Waals surface area contributed by atoms with Crippen LogP contribution in [-0.4, -0.2) is 22.8 Å². The summed E-state index contributed by atoms with van der Waals surface area (Å²) in [5.41, 5.74) is 4.62. The van der Waals surface area contributed by atoms with E-state index >= 15 is 0 Å². The monoisotopic (exact) mass is 308 g/mol. The number of aryl methyl sites for hydroxylation is 2. The molecule has 2 aromatic rings. The first-order valence-corrected chi connectivity index (χ1v) is 7.74. The number of hydrogen-bond donors (Lipinski definition) is 1. The van der Waals surface area contributed by atoms with Gasteiger partial charge in [0.25, 0.3) is 5.91 Å². The molecule has 0 bridgehead atoms. The van der Waals surface area contributed by atoms with Gasteiger partial charge in [-0.15, -0.1) is 0 Å². The first-order valence-electron chi connectivity index (χ1n) is 7.74. The molecule has 2 aromatic carbocycles. The quantitative estimate of drug-likeness (QED) is 0.946. The SMILES string of the molecule is Cc1ccc(NC(=O)[C@H](C)N2Cc3ccccc3C2=O)c(C)c1. The average molecular weight is 308 g/mol. The Morgan fingerprint density at radius 1 is 1.17 bits per heavy atom. The third-order valence-corrected chi connectivity index (χ3v) is 4.34. The second-order valence-electron chi connectivity index (χ2n) is 6.07. The number of nitrogens with zero attached hydrogens (tertiary/aromatic N) is 1. The topological polar surface area (TPSA) is 49.4 Å². The van der Waals surface area contributed by atoms with Gasteiger partial charge < -0.3 is 10.2 Å². The molecule has 1 aliphatic rings. The van der Waals surface area contributed by atoms with E-state index in [0.29, 0.717) is 12.1 Å². The summed E-state index contributed by atoms with van der Waals surface area (Å²) >= 11 is 0. The van der Waals surface area contributed by atoms with Gasteiger partial charge in [-0.2, -0.15) is 0 Å². The number of carbonyl (C=O) groups excluding carboxylic acids is 2. The van der Waals surface area contributed by atoms with Gasteiger partial charge >= 0.3 is 0 Å². The van der Waals surface area contributed by atoms with E-state index in [0.717, 1.165) is 22.4 Å². The largest absolute Gasteiger partial charge is 0.324 e. The zero-order valence-electron chi connectivity index (χ0n) is 13.6. The molecule has 3 rings (SSSR count). The van der Waals surface area contributed by atoms with Crippen molar-refractivity contribution in [2.45, 2.75) is 33.4 Å². The molecule has 4 nitrogen and oxygen atoms in total. The zero-order chi connectivity index (χ0) is 16.6. The molecule has 2 amide bonds. The summed E-state index contributed by atoms with van der Waals surface area (Å²) in [5.74, 6) is -0.248. The molecule has 0 aromatic heterocycles. The number of fused-ring (bicyclic) bond motifs is 1. The van der Waals surface area contributed by atoms with Crippen LogP contribution in [0.1, 0.15) is 34.0 Å². The van der Waals surface area contributed by atoms with Crippen LogP contribution in [0.3, 0.4) is 0 Å². The van der Waals surface area contributed by atoms with Gasteiger partial charge in [0.2, 0.25) is 5.91 Å². The lowest BCUT2D eigenvalue weighted by Crippen LogP contribution is -2.42. The molecule has 118 valence electrons. The molecule has 1 aliphatic heterocycles. The zero-order valence-corrected chi connectivity index (χ0v) is 13.6. The summed E-state index contributed by atoms with van der Waals surface area (Å²) < 4.78 is 0. The lowest BCUT2D eigenvalue weighted by Gasteiger charge is -2.23. The van der Waals surface area contributed by atoms with E-state index in [9.17, 15) is 9.59 Å². The van der Waals surface area contributed by atoms with Crippen LogP contribution in [-0.2, 0) is 11.3 Å². The van der Waals surface area contributed by atoms with Crippen LogP contribution in [0.2, 0.25) is 0 Å². The van der Waals surface area contributed by atoms with Crippen molar-refractivity contribution in [3.63, 3.8) is 0 Å². The number of benzene rings is 2. The molecule has 1 heterocycles. The van der Waals surface area contributed by atoms with Crippen molar-refractivity contribution in [1.29, 1.82) is 0 Å². The average Bonchev–Trinajstić information content (AvgIpc) is 2.87. The fourth-order valence-corrected chi connectivity index (χ4v) is 2.92. The van der Waals surface area contributed by atoms with Crippen LogP contribution >= 0.6 is 0 Å². The fourth-order valence-electron chi connectivity index (χ4n) is 2.92. The molecule has 0 saturated heterocycles. The van der Waals surface area contributed by atoms with Crippen molar-refractivity contribution in [1.82, 2.24) is 4.90 Å². The summed E-state index contributed by atoms with van der Waals surface area (Å²) in [5, 5.41) is 2.93. The third-order valence-electron chi connectivity index (χ3n) is 4.34. The van der Waals surface area contributed by atoms with E-state index < -0.39 is 6.04 Å². The number of carbonyl (C=O) groups is 2. The maximum Gasteiger partial charge on any atom is 0.255 e. The van der Waals surface area contributed by atoms with Gasteiger partial charge in [-0.1, -0.05) is 35.9 Å². The highest BCUT2D eigenvalue weighted by Gasteiger charge is 2.33. The number of hydrogen-bond acceptors (Lipinski definition) is 2. The van der Waals surface area contributed by atoms with Gasteiger partial charge in [0.15, 0.2) is 0 Å². The molecule has 4 heteroatoms. The van der Waals surface area contributed by atoms with Crippen molar-refractivity contribution in [3.8, 4) is 0 Å². The molecule has 0 aliphatic carbocycles. The first-order chi connectivity index (χ1) is 11.0. The molecular weight excluding hydrogens is 288 g/mol. The Morgan fingerprint density at radius 2 is 1.91 bits per heavy atom. The van der Waals surface area contributed by atoms with Crippen molar-refractivity contribution >= 4 is 17.5 Å². The molecule has 0 spiro atoms. The Kier molecular flexibility index (Phi) is 3.90. The second kappa shape index (κ2) is 5.88. The van der Waals surface area contributed by atoms with Crippen LogP contribution in [0, 0.1) is 13.8 Å². The molecule has 1 atom stereocenters. The lowest BCUT2D eigenvalue weighted by atomic mass is 10.1. The van der Waals surface area contributed by atoms with E-state index in [4.69, 9.17) is 0 Å². The van der Waals surface area contributed by atoms with Gasteiger partial charge in [-0.3, -0.25) is 9.59 Å². The number of nitrogens with one attached hydrogen (secondary N) is 1. The molecule has 0 unspecified atom stereocenters. The van der Waals surface area contributed by atoms with Crippen LogP contribution < -0.4 is 5.32 Å². The number of anilines is 1. The normalized spacial score (nSPS) is 14.6. The number of amides is 2. The second-order valence-corrected chi connectivity index (χ2v) is 6.07. The predicted octanol–water partition coefficient (Wildman–Crippen LogP) is 3.29. The molecule has 1 N–H and O–H groups in total. The van der Waals surface area contributed by atoms with Gasteiger partial charge in [-0.25, -0.2) is 0 Å². The van der Waals surface area contributed by atoms with E-state index in [-0.39, 0.29) is 11.8 Å². The van der Waals surface area contributed by atoms with E-state index in [1.165, 1.54) is 0 Å². The minimum Gasteiger partial charge on any atom is -0.324 e. The maximum absolute atomic E-state index is 12.5. The summed E-state index contributed by atoms with van der Waals surface area (Å²) in [7, 11) is 0. The van der Waals surface area contributed by atoms with Gasteiger partial charge in [0.1, 0.15) is 6.04 Å². The van der Waals surface area contributed by atoms with Crippen LogP contribution in [0.15, 0.2) is 42.5 Å². The van der Waals surface area contributed by atoms with Crippen LogP contribution in [0.25, 0.3) is 0 Å². The van der Waals surface area contributed by atoms with Crippen LogP contribution in [0.5, 0.6) is 0 Å². The maximum atomic E-state index is 12.5. The highest BCUT2D eigenvalue weighted by Crippen LogP contribution is 2.25. The highest BCUT2D eigenvalue weighted by molar-refractivity contribution is 6.03. The van der Waals surface area contributed by atoms with E-state index in [1.807, 2.05) is 56.3 Å². The molecule has 0 saturated carbocycles. The summed E-state index contributed by atoms with van der Waals surface area (Å²) in [4.78, 5) is 26.6. The first kappa shape index (κ1) is 15.3. The van der Waals surface area contributed by atoms with Crippen molar-refractivity contribution in [3.05, 3.63) is 64.7 Å². The Hall–Kier alpha value is -2.62. The molecule has 23 heavy (non-hydrogen) atoms.